The SMILES string of the molecule is CCCNC(=O)CNC(=NC)NCCCC1CCCCC1. The molecule has 0 aliphatic heterocycles. The van der Waals surface area contributed by atoms with Crippen LogP contribution in [0.4, 0.5) is 0 Å². The van der Waals surface area contributed by atoms with Gasteiger partial charge in [-0.3, -0.25) is 9.79 Å². The number of guanidine groups is 1. The molecule has 0 spiro atoms. The highest BCUT2D eigenvalue weighted by atomic mass is 16.1. The van der Waals surface area contributed by atoms with E-state index in [2.05, 4.69) is 20.9 Å². The van der Waals surface area contributed by atoms with Gasteiger partial charge in [-0.15, -0.1) is 0 Å². The summed E-state index contributed by atoms with van der Waals surface area (Å²) in [6.45, 7) is 3.98. The maximum Gasteiger partial charge on any atom is 0.239 e. The Morgan fingerprint density at radius 2 is 1.86 bits per heavy atom. The molecule has 3 N–H and O–H groups in total. The van der Waals surface area contributed by atoms with Crippen LogP contribution in [0, 0.1) is 5.92 Å². The summed E-state index contributed by atoms with van der Waals surface area (Å²) < 4.78 is 0. The van der Waals surface area contributed by atoms with Gasteiger partial charge in [0.1, 0.15) is 0 Å². The molecule has 1 saturated carbocycles. The number of hydrogen-bond acceptors (Lipinski definition) is 2. The number of carbonyl (C=O) groups is 1. The van der Waals surface area contributed by atoms with Crippen molar-refractivity contribution in [2.45, 2.75) is 58.3 Å². The summed E-state index contributed by atoms with van der Waals surface area (Å²) in [4.78, 5) is 15.6. The minimum Gasteiger partial charge on any atom is -0.356 e. The molecule has 5 heteroatoms. The summed E-state index contributed by atoms with van der Waals surface area (Å²) in [7, 11) is 1.74. The van der Waals surface area contributed by atoms with E-state index in [0.717, 1.165) is 25.4 Å². The Labute approximate surface area is 129 Å². The lowest BCUT2D eigenvalue weighted by molar-refractivity contribution is -0.120. The first kappa shape index (κ1) is 17.8. The fraction of sp³-hybridized carbons (Fsp3) is 0.875. The fourth-order valence-corrected chi connectivity index (χ4v) is 2.78. The van der Waals surface area contributed by atoms with Crippen molar-refractivity contribution in [1.82, 2.24) is 16.0 Å². The van der Waals surface area contributed by atoms with E-state index < -0.39 is 0 Å². The maximum absolute atomic E-state index is 11.5. The molecular weight excluding hydrogens is 264 g/mol. The average Bonchev–Trinajstić information content (AvgIpc) is 2.53. The van der Waals surface area contributed by atoms with E-state index in [-0.39, 0.29) is 12.5 Å². The van der Waals surface area contributed by atoms with Crippen molar-refractivity contribution < 1.29 is 4.79 Å². The van der Waals surface area contributed by atoms with Gasteiger partial charge in [-0.1, -0.05) is 39.0 Å². The monoisotopic (exact) mass is 296 g/mol. The van der Waals surface area contributed by atoms with Crippen LogP contribution < -0.4 is 16.0 Å². The molecule has 122 valence electrons. The zero-order valence-corrected chi connectivity index (χ0v) is 13.7. The first-order valence-electron chi connectivity index (χ1n) is 8.47. The summed E-state index contributed by atoms with van der Waals surface area (Å²) in [5.74, 6) is 1.66. The van der Waals surface area contributed by atoms with E-state index in [1.807, 2.05) is 6.92 Å². The fourth-order valence-electron chi connectivity index (χ4n) is 2.78. The first-order valence-corrected chi connectivity index (χ1v) is 8.47. The quantitative estimate of drug-likeness (QED) is 0.365. The van der Waals surface area contributed by atoms with Crippen LogP contribution in [0.3, 0.4) is 0 Å². The van der Waals surface area contributed by atoms with E-state index in [1.165, 1.54) is 44.9 Å². The number of nitrogens with one attached hydrogen (secondary N) is 3. The second kappa shape index (κ2) is 11.4. The van der Waals surface area contributed by atoms with E-state index in [0.29, 0.717) is 5.96 Å². The number of aliphatic imine (C=N–C) groups is 1. The van der Waals surface area contributed by atoms with Crippen LogP contribution >= 0.6 is 0 Å². The van der Waals surface area contributed by atoms with Crippen LogP contribution in [0.15, 0.2) is 4.99 Å². The van der Waals surface area contributed by atoms with Gasteiger partial charge >= 0.3 is 0 Å². The molecule has 1 aliphatic rings. The zero-order valence-electron chi connectivity index (χ0n) is 13.7. The van der Waals surface area contributed by atoms with E-state index >= 15 is 0 Å². The Morgan fingerprint density at radius 3 is 2.52 bits per heavy atom. The van der Waals surface area contributed by atoms with Gasteiger partial charge in [-0.05, 0) is 25.2 Å². The number of nitrogens with zero attached hydrogens (tertiary/aromatic N) is 1. The second-order valence-electron chi connectivity index (χ2n) is 5.85. The van der Waals surface area contributed by atoms with Gasteiger partial charge in [0.2, 0.25) is 5.91 Å². The molecule has 0 aromatic carbocycles. The molecule has 0 aromatic heterocycles. The molecule has 0 atom stereocenters. The Hall–Kier alpha value is -1.26. The Bertz CT molecular complexity index is 311. The molecule has 1 amide bonds. The second-order valence-corrected chi connectivity index (χ2v) is 5.85. The molecule has 0 unspecified atom stereocenters. The minimum atomic E-state index is 0.0157. The van der Waals surface area contributed by atoms with Crippen LogP contribution in [0.5, 0.6) is 0 Å². The van der Waals surface area contributed by atoms with Crippen molar-refractivity contribution >= 4 is 11.9 Å². The predicted octanol–water partition coefficient (Wildman–Crippen LogP) is 2.04. The third-order valence-corrected chi connectivity index (χ3v) is 4.02. The minimum absolute atomic E-state index is 0.0157. The molecule has 0 aromatic rings. The zero-order chi connectivity index (χ0) is 15.3. The van der Waals surface area contributed by atoms with Crippen LogP contribution in [0.25, 0.3) is 0 Å². The largest absolute Gasteiger partial charge is 0.356 e. The highest BCUT2D eigenvalue weighted by molar-refractivity contribution is 5.86. The molecular formula is C16H32N4O. The lowest BCUT2D eigenvalue weighted by Crippen LogP contribution is -2.43. The van der Waals surface area contributed by atoms with Gasteiger partial charge in [-0.2, -0.15) is 0 Å². The Morgan fingerprint density at radius 1 is 1.10 bits per heavy atom. The molecule has 1 fully saturated rings. The number of amides is 1. The molecule has 5 nitrogen and oxygen atoms in total. The van der Waals surface area contributed by atoms with Crippen molar-refractivity contribution in [3.8, 4) is 0 Å². The summed E-state index contributed by atoms with van der Waals surface area (Å²) in [6, 6.07) is 0. The highest BCUT2D eigenvalue weighted by Gasteiger charge is 2.12. The van der Waals surface area contributed by atoms with Crippen molar-refractivity contribution in [2.24, 2.45) is 10.9 Å². The number of carbonyl (C=O) groups excluding carboxylic acids is 1. The van der Waals surface area contributed by atoms with E-state index in [4.69, 9.17) is 0 Å². The van der Waals surface area contributed by atoms with Gasteiger partial charge in [0, 0.05) is 20.1 Å². The first-order chi connectivity index (χ1) is 10.3. The van der Waals surface area contributed by atoms with Crippen LogP contribution in [-0.2, 0) is 4.79 Å². The lowest BCUT2D eigenvalue weighted by atomic mass is 9.86. The molecule has 0 heterocycles. The summed E-state index contributed by atoms with van der Waals surface area (Å²) >= 11 is 0. The standard InChI is InChI=1S/C16H32N4O/c1-3-11-18-15(21)13-20-16(17-2)19-12-7-10-14-8-5-4-6-9-14/h14H,3-13H2,1-2H3,(H,18,21)(H2,17,19,20). The number of rotatable bonds is 8. The summed E-state index contributed by atoms with van der Waals surface area (Å²) in [6.07, 6.45) is 10.5. The van der Waals surface area contributed by atoms with Crippen LogP contribution in [0.1, 0.15) is 58.3 Å². The van der Waals surface area contributed by atoms with Crippen LogP contribution in [0.2, 0.25) is 0 Å². The maximum atomic E-state index is 11.5. The third-order valence-electron chi connectivity index (χ3n) is 4.02. The van der Waals surface area contributed by atoms with Gasteiger partial charge in [0.25, 0.3) is 0 Å². The predicted molar refractivity (Wildman–Crippen MR) is 88.5 cm³/mol. The Kier molecular flexibility index (Phi) is 9.66. The van der Waals surface area contributed by atoms with E-state index in [9.17, 15) is 4.79 Å². The van der Waals surface area contributed by atoms with Gasteiger partial charge in [0.05, 0.1) is 6.54 Å². The molecule has 1 rings (SSSR count). The lowest BCUT2D eigenvalue weighted by Gasteiger charge is -2.21. The van der Waals surface area contributed by atoms with Gasteiger partial charge < -0.3 is 16.0 Å². The van der Waals surface area contributed by atoms with E-state index in [1.54, 1.807) is 7.05 Å². The third kappa shape index (κ3) is 8.58. The summed E-state index contributed by atoms with van der Waals surface area (Å²) in [5.41, 5.74) is 0. The van der Waals surface area contributed by atoms with Crippen molar-refractivity contribution in [1.29, 1.82) is 0 Å². The molecule has 21 heavy (non-hydrogen) atoms. The van der Waals surface area contributed by atoms with Crippen molar-refractivity contribution in [3.05, 3.63) is 0 Å². The summed E-state index contributed by atoms with van der Waals surface area (Å²) in [5, 5.41) is 9.16. The molecule has 1 aliphatic carbocycles. The molecule has 0 saturated heterocycles. The smallest absolute Gasteiger partial charge is 0.239 e. The van der Waals surface area contributed by atoms with Crippen molar-refractivity contribution in [2.75, 3.05) is 26.7 Å². The average molecular weight is 296 g/mol. The van der Waals surface area contributed by atoms with Gasteiger partial charge in [-0.25, -0.2) is 0 Å². The van der Waals surface area contributed by atoms with Crippen LogP contribution in [-0.4, -0.2) is 38.5 Å². The normalized spacial score (nSPS) is 16.6. The highest BCUT2D eigenvalue weighted by Crippen LogP contribution is 2.26. The molecule has 0 radical (unpaired) electrons. The topological polar surface area (TPSA) is 65.5 Å². The Balaban J connectivity index is 2.06. The van der Waals surface area contributed by atoms with Gasteiger partial charge in [0.15, 0.2) is 5.96 Å². The molecule has 0 bridgehead atoms. The van der Waals surface area contributed by atoms with Crippen molar-refractivity contribution in [3.63, 3.8) is 0 Å². The number of hydrogen-bond donors (Lipinski definition) is 3.